The summed E-state index contributed by atoms with van der Waals surface area (Å²) >= 11 is 0. The maximum atomic E-state index is 9.58. The minimum Gasteiger partial charge on any atom is -0.505 e. The number of ether oxygens (including phenoxy) is 1. The van der Waals surface area contributed by atoms with Crippen LogP contribution in [-0.2, 0) is 10.2 Å². The van der Waals surface area contributed by atoms with Crippen LogP contribution in [0, 0.1) is 17.2 Å². The molecule has 1 aromatic carbocycles. The number of methoxy groups -OCH3 is 1. The minimum absolute atomic E-state index is 0.247. The number of nitriles is 1. The van der Waals surface area contributed by atoms with E-state index in [1.165, 1.54) is 0 Å². The van der Waals surface area contributed by atoms with E-state index in [9.17, 15) is 5.26 Å². The molecule has 0 heterocycles. The van der Waals surface area contributed by atoms with Gasteiger partial charge in [-0.25, -0.2) is 0 Å². The lowest BCUT2D eigenvalue weighted by atomic mass is 9.70. The van der Waals surface area contributed by atoms with Crippen molar-refractivity contribution in [2.45, 2.75) is 25.7 Å². The molecule has 0 fully saturated rings. The predicted molar refractivity (Wildman–Crippen MR) is 69.3 cm³/mol. The standard InChI is InChI=1S/C15H19NO/c1-13(2)15(12-16,10-7-11-17-3)14-8-5-4-6-9-14/h4-9,11,13H,10H2,1-3H3/b11-7+. The van der Waals surface area contributed by atoms with Crippen molar-refractivity contribution >= 4 is 0 Å². The Morgan fingerprint density at radius 3 is 2.47 bits per heavy atom. The predicted octanol–water partition coefficient (Wildman–Crippen LogP) is 3.65. The van der Waals surface area contributed by atoms with Gasteiger partial charge in [-0.2, -0.15) is 5.26 Å². The molecule has 1 rings (SSSR count). The molecule has 0 spiro atoms. The van der Waals surface area contributed by atoms with Crippen LogP contribution in [0.15, 0.2) is 42.7 Å². The van der Waals surface area contributed by atoms with Crippen molar-refractivity contribution in [3.63, 3.8) is 0 Å². The van der Waals surface area contributed by atoms with Gasteiger partial charge in [-0.05, 0) is 24.0 Å². The van der Waals surface area contributed by atoms with Crippen LogP contribution in [0.1, 0.15) is 25.8 Å². The number of allylic oxidation sites excluding steroid dienone is 1. The summed E-state index contributed by atoms with van der Waals surface area (Å²) in [4.78, 5) is 0. The van der Waals surface area contributed by atoms with Crippen LogP contribution in [0.2, 0.25) is 0 Å². The molecule has 0 aliphatic heterocycles. The van der Waals surface area contributed by atoms with Gasteiger partial charge in [0, 0.05) is 0 Å². The summed E-state index contributed by atoms with van der Waals surface area (Å²) < 4.78 is 4.91. The Morgan fingerprint density at radius 1 is 1.35 bits per heavy atom. The van der Waals surface area contributed by atoms with Gasteiger partial charge >= 0.3 is 0 Å². The van der Waals surface area contributed by atoms with Crippen LogP contribution < -0.4 is 0 Å². The first-order valence-electron chi connectivity index (χ1n) is 5.82. The molecular formula is C15H19NO. The molecule has 0 bridgehead atoms. The highest BCUT2D eigenvalue weighted by molar-refractivity contribution is 5.34. The molecule has 0 aliphatic rings. The van der Waals surface area contributed by atoms with Gasteiger partial charge in [0.15, 0.2) is 0 Å². The summed E-state index contributed by atoms with van der Waals surface area (Å²) in [6, 6.07) is 12.4. The Labute approximate surface area is 104 Å². The number of nitrogens with zero attached hydrogens (tertiary/aromatic N) is 1. The Kier molecular flexibility index (Phi) is 4.78. The summed E-state index contributed by atoms with van der Waals surface area (Å²) in [5.41, 5.74) is 0.592. The maximum Gasteiger partial charge on any atom is 0.0880 e. The van der Waals surface area contributed by atoms with Crippen molar-refractivity contribution in [1.82, 2.24) is 0 Å². The first kappa shape index (κ1) is 13.3. The Bertz CT molecular complexity index is 403. The van der Waals surface area contributed by atoms with Crippen LogP contribution in [0.25, 0.3) is 0 Å². The molecule has 0 aromatic heterocycles. The van der Waals surface area contributed by atoms with Gasteiger partial charge in [0.2, 0.25) is 0 Å². The molecular weight excluding hydrogens is 210 g/mol. The van der Waals surface area contributed by atoms with E-state index in [1.54, 1.807) is 13.4 Å². The number of benzene rings is 1. The molecule has 90 valence electrons. The highest BCUT2D eigenvalue weighted by Gasteiger charge is 2.34. The van der Waals surface area contributed by atoms with Crippen molar-refractivity contribution in [1.29, 1.82) is 5.26 Å². The number of hydrogen-bond donors (Lipinski definition) is 0. The molecule has 0 radical (unpaired) electrons. The SMILES string of the molecule is CO/C=C/CC(C#N)(c1ccccc1)C(C)C. The zero-order valence-electron chi connectivity index (χ0n) is 10.7. The quantitative estimate of drug-likeness (QED) is 0.722. The Hall–Kier alpha value is -1.75. The zero-order chi connectivity index (χ0) is 12.7. The average Bonchev–Trinajstić information content (AvgIpc) is 2.36. The summed E-state index contributed by atoms with van der Waals surface area (Å²) in [6.45, 7) is 4.16. The third-order valence-electron chi connectivity index (χ3n) is 3.15. The van der Waals surface area contributed by atoms with Crippen LogP contribution in [-0.4, -0.2) is 7.11 Å². The summed E-state index contributed by atoms with van der Waals surface area (Å²) in [6.07, 6.45) is 4.21. The van der Waals surface area contributed by atoms with Crippen LogP contribution in [0.3, 0.4) is 0 Å². The topological polar surface area (TPSA) is 33.0 Å². The second kappa shape index (κ2) is 6.10. The third-order valence-corrected chi connectivity index (χ3v) is 3.15. The lowest BCUT2D eigenvalue weighted by Crippen LogP contribution is -2.30. The van der Waals surface area contributed by atoms with E-state index in [-0.39, 0.29) is 5.92 Å². The van der Waals surface area contributed by atoms with Gasteiger partial charge < -0.3 is 4.74 Å². The van der Waals surface area contributed by atoms with Crippen molar-refractivity contribution in [3.05, 3.63) is 48.2 Å². The van der Waals surface area contributed by atoms with E-state index in [2.05, 4.69) is 19.9 Å². The van der Waals surface area contributed by atoms with Gasteiger partial charge in [-0.3, -0.25) is 0 Å². The molecule has 1 aromatic rings. The van der Waals surface area contributed by atoms with E-state index < -0.39 is 5.41 Å². The van der Waals surface area contributed by atoms with E-state index in [0.717, 1.165) is 5.56 Å². The van der Waals surface area contributed by atoms with E-state index >= 15 is 0 Å². The number of hydrogen-bond acceptors (Lipinski definition) is 2. The van der Waals surface area contributed by atoms with Crippen LogP contribution in [0.5, 0.6) is 0 Å². The fraction of sp³-hybridized carbons (Fsp3) is 0.400. The van der Waals surface area contributed by atoms with Crippen LogP contribution >= 0.6 is 0 Å². The fourth-order valence-electron chi connectivity index (χ4n) is 1.99. The van der Waals surface area contributed by atoms with Gasteiger partial charge in [0.1, 0.15) is 0 Å². The van der Waals surface area contributed by atoms with E-state index in [4.69, 9.17) is 4.74 Å². The summed E-state index contributed by atoms with van der Waals surface area (Å²) in [7, 11) is 1.61. The molecule has 17 heavy (non-hydrogen) atoms. The fourth-order valence-corrected chi connectivity index (χ4v) is 1.99. The van der Waals surface area contributed by atoms with Crippen LogP contribution in [0.4, 0.5) is 0 Å². The smallest absolute Gasteiger partial charge is 0.0880 e. The highest BCUT2D eigenvalue weighted by atomic mass is 16.5. The highest BCUT2D eigenvalue weighted by Crippen LogP contribution is 2.35. The molecule has 0 aliphatic carbocycles. The Balaban J connectivity index is 3.11. The Morgan fingerprint density at radius 2 is 2.00 bits per heavy atom. The first-order valence-corrected chi connectivity index (χ1v) is 5.82. The van der Waals surface area contributed by atoms with E-state index in [0.29, 0.717) is 6.42 Å². The summed E-state index contributed by atoms with van der Waals surface area (Å²) in [5.74, 6) is 0.247. The lowest BCUT2D eigenvalue weighted by Gasteiger charge is -2.30. The van der Waals surface area contributed by atoms with Gasteiger partial charge in [0.05, 0.1) is 24.9 Å². The normalized spacial score (nSPS) is 14.5. The molecule has 2 nitrogen and oxygen atoms in total. The molecule has 1 atom stereocenters. The molecule has 1 unspecified atom stereocenters. The minimum atomic E-state index is -0.476. The van der Waals surface area contributed by atoms with Crippen molar-refractivity contribution < 1.29 is 4.74 Å². The summed E-state index contributed by atoms with van der Waals surface area (Å²) in [5, 5.41) is 9.58. The van der Waals surface area contributed by atoms with Crippen molar-refractivity contribution in [3.8, 4) is 6.07 Å². The molecule has 0 N–H and O–H groups in total. The second-order valence-electron chi connectivity index (χ2n) is 4.42. The van der Waals surface area contributed by atoms with Gasteiger partial charge in [-0.1, -0.05) is 44.2 Å². The van der Waals surface area contributed by atoms with E-state index in [1.807, 2.05) is 36.4 Å². The molecule has 0 amide bonds. The largest absolute Gasteiger partial charge is 0.505 e. The van der Waals surface area contributed by atoms with Crippen molar-refractivity contribution in [2.75, 3.05) is 7.11 Å². The maximum absolute atomic E-state index is 9.58. The molecule has 2 heteroatoms. The lowest BCUT2D eigenvalue weighted by molar-refractivity contribution is 0.331. The third kappa shape index (κ3) is 2.88. The van der Waals surface area contributed by atoms with Gasteiger partial charge in [-0.15, -0.1) is 0 Å². The van der Waals surface area contributed by atoms with Crippen molar-refractivity contribution in [2.24, 2.45) is 5.92 Å². The second-order valence-corrected chi connectivity index (χ2v) is 4.42. The monoisotopic (exact) mass is 229 g/mol. The zero-order valence-corrected chi connectivity index (χ0v) is 10.7. The van der Waals surface area contributed by atoms with Gasteiger partial charge in [0.25, 0.3) is 0 Å². The first-order chi connectivity index (χ1) is 8.17. The number of rotatable bonds is 5. The molecule has 0 saturated heterocycles. The average molecular weight is 229 g/mol. The molecule has 0 saturated carbocycles.